The van der Waals surface area contributed by atoms with Gasteiger partial charge >= 0.3 is 0 Å². The third kappa shape index (κ3) is 2.87. The number of rotatable bonds is 2. The van der Waals surface area contributed by atoms with Crippen molar-refractivity contribution < 1.29 is 4.39 Å². The Kier molecular flexibility index (Phi) is 3.94. The predicted molar refractivity (Wildman–Crippen MR) is 95.2 cm³/mol. The molecule has 0 aliphatic carbocycles. The molecule has 2 aliphatic rings. The van der Waals surface area contributed by atoms with Crippen LogP contribution in [0.3, 0.4) is 0 Å². The summed E-state index contributed by atoms with van der Waals surface area (Å²) in [5, 5.41) is 10.6. The molecule has 124 valence electrons. The molecule has 2 aliphatic heterocycles. The highest BCUT2D eigenvalue weighted by atomic mass is 19.1. The van der Waals surface area contributed by atoms with E-state index in [1.54, 1.807) is 12.1 Å². The van der Waals surface area contributed by atoms with Crippen LogP contribution in [0.5, 0.6) is 0 Å². The highest BCUT2D eigenvalue weighted by Crippen LogP contribution is 2.36. The van der Waals surface area contributed by atoms with E-state index in [0.717, 1.165) is 48.7 Å². The fourth-order valence-electron chi connectivity index (χ4n) is 3.48. The van der Waals surface area contributed by atoms with Crippen LogP contribution in [0.15, 0.2) is 53.5 Å². The molecule has 1 saturated heterocycles. The summed E-state index contributed by atoms with van der Waals surface area (Å²) < 4.78 is 13.4. The lowest BCUT2D eigenvalue weighted by Crippen LogP contribution is -2.58. The van der Waals surface area contributed by atoms with Crippen molar-refractivity contribution in [3.05, 3.63) is 59.9 Å². The van der Waals surface area contributed by atoms with E-state index in [4.69, 9.17) is 4.99 Å². The van der Waals surface area contributed by atoms with E-state index in [9.17, 15) is 4.39 Å². The van der Waals surface area contributed by atoms with Crippen molar-refractivity contribution in [2.75, 3.05) is 18.4 Å². The van der Waals surface area contributed by atoms with Crippen molar-refractivity contribution >= 4 is 17.2 Å². The van der Waals surface area contributed by atoms with E-state index in [2.05, 4.69) is 22.0 Å². The van der Waals surface area contributed by atoms with Gasteiger partial charge in [-0.1, -0.05) is 24.3 Å². The Balaban J connectivity index is 1.63. The van der Waals surface area contributed by atoms with E-state index in [1.165, 1.54) is 6.07 Å². The highest BCUT2D eigenvalue weighted by Gasteiger charge is 2.40. The summed E-state index contributed by atoms with van der Waals surface area (Å²) in [6.07, 6.45) is 1.94. The minimum absolute atomic E-state index is 0.174. The number of nitrogens with zero attached hydrogens (tertiary/aromatic N) is 1. The van der Waals surface area contributed by atoms with Gasteiger partial charge in [0, 0.05) is 6.54 Å². The van der Waals surface area contributed by atoms with Gasteiger partial charge in [0.1, 0.15) is 11.7 Å². The summed E-state index contributed by atoms with van der Waals surface area (Å²) in [6.45, 7) is 2.47. The Hall–Kier alpha value is -2.40. The number of benzene rings is 2. The number of hydrogen-bond acceptors (Lipinski definition) is 4. The van der Waals surface area contributed by atoms with Crippen LogP contribution in [0, 0.1) is 5.82 Å². The lowest BCUT2D eigenvalue weighted by Gasteiger charge is -2.43. The number of aliphatic imine (C=N–C) groups is 1. The lowest BCUT2D eigenvalue weighted by molar-refractivity contribution is 0.412. The summed E-state index contributed by atoms with van der Waals surface area (Å²) in [5.74, 6) is 0.742. The molecule has 4 nitrogen and oxygen atoms in total. The summed E-state index contributed by atoms with van der Waals surface area (Å²) in [6, 6.07) is 14.8. The second-order valence-electron chi connectivity index (χ2n) is 6.42. The first-order chi connectivity index (χ1) is 11.8. The van der Waals surface area contributed by atoms with Gasteiger partial charge in [0.05, 0.1) is 16.9 Å². The van der Waals surface area contributed by atoms with Crippen LogP contribution < -0.4 is 16.0 Å². The molecule has 1 spiro atoms. The number of para-hydroxylation sites is 2. The molecular weight excluding hydrogens is 303 g/mol. The fraction of sp³-hybridized carbons (Fsp3) is 0.316. The average Bonchev–Trinajstić information content (AvgIpc) is 2.61. The number of fused-ring (bicyclic) bond motifs is 1. The molecule has 0 bridgehead atoms. The Labute approximate surface area is 141 Å². The SMILES string of the molecule is Fc1cccc(CNC2=Nc3ccccc3NC23CCNCC3)c1. The number of amidine groups is 1. The zero-order valence-corrected chi connectivity index (χ0v) is 13.5. The van der Waals surface area contributed by atoms with E-state index in [0.29, 0.717) is 6.54 Å². The molecule has 24 heavy (non-hydrogen) atoms. The van der Waals surface area contributed by atoms with Gasteiger partial charge in [0.15, 0.2) is 0 Å². The quantitative estimate of drug-likeness (QED) is 0.795. The van der Waals surface area contributed by atoms with Gasteiger partial charge in [0.2, 0.25) is 0 Å². The van der Waals surface area contributed by atoms with Gasteiger partial charge < -0.3 is 16.0 Å². The molecule has 0 atom stereocenters. The maximum atomic E-state index is 13.4. The van der Waals surface area contributed by atoms with Crippen molar-refractivity contribution in [2.45, 2.75) is 24.9 Å². The fourth-order valence-corrected chi connectivity index (χ4v) is 3.48. The third-order valence-electron chi connectivity index (χ3n) is 4.77. The van der Waals surface area contributed by atoms with E-state index in [-0.39, 0.29) is 11.4 Å². The molecule has 2 heterocycles. The van der Waals surface area contributed by atoms with Gasteiger partial charge in [-0.3, -0.25) is 0 Å². The molecule has 1 fully saturated rings. The Bertz CT molecular complexity index is 765. The molecule has 0 amide bonds. The number of anilines is 1. The van der Waals surface area contributed by atoms with Crippen LogP contribution in [0.25, 0.3) is 0 Å². The summed E-state index contributed by atoms with van der Waals surface area (Å²) in [5.41, 5.74) is 2.77. The van der Waals surface area contributed by atoms with Gasteiger partial charge in [-0.15, -0.1) is 0 Å². The molecule has 0 unspecified atom stereocenters. The van der Waals surface area contributed by atoms with Gasteiger partial charge in [-0.05, 0) is 55.8 Å². The smallest absolute Gasteiger partial charge is 0.128 e. The number of nitrogens with one attached hydrogen (secondary N) is 3. The predicted octanol–water partition coefficient (Wildman–Crippen LogP) is 3.19. The molecule has 4 rings (SSSR count). The van der Waals surface area contributed by atoms with E-state index >= 15 is 0 Å². The molecule has 2 aromatic rings. The number of hydrogen-bond donors (Lipinski definition) is 3. The van der Waals surface area contributed by atoms with Gasteiger partial charge in [-0.2, -0.15) is 0 Å². The summed E-state index contributed by atoms with van der Waals surface area (Å²) >= 11 is 0. The van der Waals surface area contributed by atoms with E-state index in [1.807, 2.05) is 24.3 Å². The average molecular weight is 324 g/mol. The normalized spacial score (nSPS) is 18.5. The Morgan fingerprint density at radius 3 is 2.75 bits per heavy atom. The van der Waals surface area contributed by atoms with Crippen molar-refractivity contribution in [3.8, 4) is 0 Å². The molecule has 3 N–H and O–H groups in total. The first-order valence-corrected chi connectivity index (χ1v) is 8.41. The lowest BCUT2D eigenvalue weighted by atomic mass is 9.85. The summed E-state index contributed by atoms with van der Waals surface area (Å²) in [7, 11) is 0. The van der Waals surface area contributed by atoms with Crippen molar-refractivity contribution in [2.24, 2.45) is 4.99 Å². The molecule has 0 aromatic heterocycles. The van der Waals surface area contributed by atoms with Crippen LogP contribution in [0.1, 0.15) is 18.4 Å². The van der Waals surface area contributed by atoms with Crippen LogP contribution >= 0.6 is 0 Å². The molecule has 5 heteroatoms. The zero-order chi connectivity index (χ0) is 16.4. The van der Waals surface area contributed by atoms with Gasteiger partial charge in [0.25, 0.3) is 0 Å². The molecular formula is C19H21FN4. The third-order valence-corrected chi connectivity index (χ3v) is 4.77. The van der Waals surface area contributed by atoms with E-state index < -0.39 is 0 Å². The largest absolute Gasteiger partial charge is 0.371 e. The molecule has 2 aromatic carbocycles. The van der Waals surface area contributed by atoms with Crippen molar-refractivity contribution in [1.82, 2.24) is 10.6 Å². The van der Waals surface area contributed by atoms with Crippen molar-refractivity contribution in [1.29, 1.82) is 0 Å². The zero-order valence-electron chi connectivity index (χ0n) is 13.5. The van der Waals surface area contributed by atoms with Gasteiger partial charge in [-0.25, -0.2) is 9.38 Å². The van der Waals surface area contributed by atoms with Crippen molar-refractivity contribution in [3.63, 3.8) is 0 Å². The first-order valence-electron chi connectivity index (χ1n) is 8.41. The van der Waals surface area contributed by atoms with Crippen LogP contribution in [-0.2, 0) is 6.54 Å². The molecule has 0 radical (unpaired) electrons. The first kappa shape index (κ1) is 15.1. The van der Waals surface area contributed by atoms with Crippen LogP contribution in [-0.4, -0.2) is 24.5 Å². The standard InChI is InChI=1S/C19H21FN4/c20-15-5-3-4-14(12-15)13-22-18-19(8-10-21-11-9-19)24-17-7-2-1-6-16(17)23-18/h1-7,12,21,24H,8-11,13H2,(H,22,23). The monoisotopic (exact) mass is 324 g/mol. The van der Waals surface area contributed by atoms with Crippen LogP contribution in [0.4, 0.5) is 15.8 Å². The summed E-state index contributed by atoms with van der Waals surface area (Å²) in [4.78, 5) is 4.88. The maximum Gasteiger partial charge on any atom is 0.128 e. The highest BCUT2D eigenvalue weighted by molar-refractivity contribution is 6.00. The minimum Gasteiger partial charge on any atom is -0.371 e. The maximum absolute atomic E-state index is 13.4. The second kappa shape index (κ2) is 6.24. The second-order valence-corrected chi connectivity index (χ2v) is 6.42. The number of piperidine rings is 1. The molecule has 0 saturated carbocycles. The van der Waals surface area contributed by atoms with Crippen LogP contribution in [0.2, 0.25) is 0 Å². The Morgan fingerprint density at radius 1 is 1.08 bits per heavy atom. The minimum atomic E-state index is -0.208. The number of halogens is 1. The Morgan fingerprint density at radius 2 is 1.92 bits per heavy atom. The topological polar surface area (TPSA) is 48.5 Å².